The normalized spacial score (nSPS) is 20.5. The third kappa shape index (κ3) is 4.02. The van der Waals surface area contributed by atoms with E-state index >= 15 is 0 Å². The molecule has 4 heteroatoms. The maximum Gasteiger partial charge on any atom is 0.151 e. The maximum absolute atomic E-state index is 12.4. The van der Waals surface area contributed by atoms with Crippen molar-refractivity contribution >= 4 is 17.3 Å². The molecule has 0 bridgehead atoms. The first kappa shape index (κ1) is 17.1. The van der Waals surface area contributed by atoms with Crippen LogP contribution in [0.4, 0.5) is 0 Å². The fourth-order valence-corrected chi connectivity index (χ4v) is 3.40. The van der Waals surface area contributed by atoms with Crippen LogP contribution >= 0.6 is 0 Å². The van der Waals surface area contributed by atoms with Gasteiger partial charge in [-0.15, -0.1) is 0 Å². The van der Waals surface area contributed by atoms with Crippen molar-refractivity contribution in [2.45, 2.75) is 31.6 Å². The lowest BCUT2D eigenvalue weighted by Crippen LogP contribution is -2.38. The van der Waals surface area contributed by atoms with Crippen molar-refractivity contribution in [2.75, 3.05) is 0 Å². The van der Waals surface area contributed by atoms with Gasteiger partial charge in [0.25, 0.3) is 0 Å². The van der Waals surface area contributed by atoms with Crippen molar-refractivity contribution in [3.8, 4) is 5.75 Å². The number of rotatable bonds is 5. The van der Waals surface area contributed by atoms with Gasteiger partial charge in [-0.25, -0.2) is 0 Å². The minimum atomic E-state index is -1.11. The highest BCUT2D eigenvalue weighted by Crippen LogP contribution is 2.33. The quantitative estimate of drug-likeness (QED) is 0.851. The average Bonchev–Trinajstić information content (AvgIpc) is 2.60. The molecule has 1 aliphatic carbocycles. The van der Waals surface area contributed by atoms with Crippen LogP contribution in [0.2, 0.25) is 0 Å². The van der Waals surface area contributed by atoms with Gasteiger partial charge in [-0.3, -0.25) is 14.4 Å². The van der Waals surface area contributed by atoms with Crippen molar-refractivity contribution in [3.63, 3.8) is 0 Å². The minimum absolute atomic E-state index is 0.110. The van der Waals surface area contributed by atoms with Crippen molar-refractivity contribution in [1.82, 2.24) is 0 Å². The molecule has 0 amide bonds. The molecule has 128 valence electrons. The first-order chi connectivity index (χ1) is 12.0. The molecule has 2 aromatic carbocycles. The Morgan fingerprint density at radius 3 is 2.28 bits per heavy atom. The smallest absolute Gasteiger partial charge is 0.151 e. The molecule has 25 heavy (non-hydrogen) atoms. The summed E-state index contributed by atoms with van der Waals surface area (Å²) in [7, 11) is 0. The van der Waals surface area contributed by atoms with E-state index in [-0.39, 0.29) is 48.3 Å². The Labute approximate surface area is 146 Å². The van der Waals surface area contributed by atoms with Crippen LogP contribution in [0.1, 0.15) is 36.3 Å². The Balaban J connectivity index is 1.65. The number of ketones is 3. The van der Waals surface area contributed by atoms with Gasteiger partial charge in [0.05, 0.1) is 0 Å². The number of carbonyl (C=O) groups is 3. The predicted molar refractivity (Wildman–Crippen MR) is 93.4 cm³/mol. The predicted octanol–water partition coefficient (Wildman–Crippen LogP) is 3.23. The van der Waals surface area contributed by atoms with Crippen LogP contribution in [0, 0.1) is 5.92 Å². The van der Waals surface area contributed by atoms with E-state index < -0.39 is 5.92 Å². The second-order valence-electron chi connectivity index (χ2n) is 6.52. The van der Waals surface area contributed by atoms with Gasteiger partial charge < -0.3 is 5.11 Å². The first-order valence-electron chi connectivity index (χ1n) is 8.45. The van der Waals surface area contributed by atoms with Gasteiger partial charge in [0, 0.05) is 19.3 Å². The van der Waals surface area contributed by atoms with Gasteiger partial charge in [-0.1, -0.05) is 42.5 Å². The molecule has 0 aromatic heterocycles. The molecule has 0 unspecified atom stereocenters. The lowest BCUT2D eigenvalue weighted by molar-refractivity contribution is -0.142. The number of phenols is 1. The van der Waals surface area contributed by atoms with Crippen LogP contribution in [-0.2, 0) is 20.8 Å². The van der Waals surface area contributed by atoms with E-state index in [1.165, 1.54) is 0 Å². The van der Waals surface area contributed by atoms with Crippen molar-refractivity contribution in [3.05, 3.63) is 65.7 Å². The molecular weight excluding hydrogens is 316 g/mol. The lowest BCUT2D eigenvalue weighted by Gasteiger charge is -2.26. The van der Waals surface area contributed by atoms with Crippen LogP contribution < -0.4 is 0 Å². The summed E-state index contributed by atoms with van der Waals surface area (Å²) in [4.78, 5) is 37.3. The average molecular weight is 336 g/mol. The summed E-state index contributed by atoms with van der Waals surface area (Å²) < 4.78 is 0. The zero-order valence-electron chi connectivity index (χ0n) is 13.9. The van der Waals surface area contributed by atoms with Gasteiger partial charge in [0.2, 0.25) is 0 Å². The van der Waals surface area contributed by atoms with Crippen LogP contribution in [0.5, 0.6) is 5.75 Å². The van der Waals surface area contributed by atoms with Gasteiger partial charge in [0.1, 0.15) is 11.7 Å². The third-order valence-corrected chi connectivity index (χ3v) is 4.71. The molecular formula is C21H20O4. The van der Waals surface area contributed by atoms with E-state index in [1.807, 2.05) is 30.3 Å². The Morgan fingerprint density at radius 2 is 1.64 bits per heavy atom. The molecule has 2 aromatic rings. The summed E-state index contributed by atoms with van der Waals surface area (Å²) in [5.74, 6) is -2.15. The lowest BCUT2D eigenvalue weighted by atomic mass is 9.74. The standard InChI is InChI=1S/C21H20O4/c22-17-8-4-7-15(11-17)16-12-19(24)21(20(25)13-16)18(23)10-9-14-5-2-1-3-6-14/h1-8,11,16,21-22H,9-10,12-13H2. The van der Waals surface area contributed by atoms with Gasteiger partial charge >= 0.3 is 0 Å². The van der Waals surface area contributed by atoms with Crippen LogP contribution in [0.15, 0.2) is 54.6 Å². The second kappa shape index (κ2) is 7.43. The number of carbonyl (C=O) groups excluding carboxylic acids is 3. The van der Waals surface area contributed by atoms with Crippen molar-refractivity contribution in [1.29, 1.82) is 0 Å². The SMILES string of the molecule is O=C(CCc1ccccc1)C1C(=O)CC(c2cccc(O)c2)CC1=O. The number of aryl methyl sites for hydroxylation is 1. The van der Waals surface area contributed by atoms with Gasteiger partial charge in [-0.05, 0) is 35.6 Å². The molecule has 0 spiro atoms. The molecule has 0 saturated heterocycles. The topological polar surface area (TPSA) is 71.4 Å². The molecule has 0 heterocycles. The largest absolute Gasteiger partial charge is 0.508 e. The number of aromatic hydroxyl groups is 1. The summed E-state index contributed by atoms with van der Waals surface area (Å²) in [6.07, 6.45) is 1.06. The highest BCUT2D eigenvalue weighted by atomic mass is 16.3. The highest BCUT2D eigenvalue weighted by molar-refractivity contribution is 6.21. The summed E-state index contributed by atoms with van der Waals surface area (Å²) in [5.41, 5.74) is 1.78. The highest BCUT2D eigenvalue weighted by Gasteiger charge is 2.39. The van der Waals surface area contributed by atoms with Crippen LogP contribution in [0.3, 0.4) is 0 Å². The molecule has 1 fully saturated rings. The monoisotopic (exact) mass is 336 g/mol. The molecule has 0 aliphatic heterocycles. The van der Waals surface area contributed by atoms with E-state index in [2.05, 4.69) is 0 Å². The Hall–Kier alpha value is -2.75. The minimum Gasteiger partial charge on any atom is -0.508 e. The zero-order valence-corrected chi connectivity index (χ0v) is 13.9. The number of benzene rings is 2. The number of Topliss-reactive ketones (excluding diaryl/α,β-unsaturated/α-hetero) is 3. The van der Waals surface area contributed by atoms with E-state index in [0.717, 1.165) is 11.1 Å². The molecule has 0 atom stereocenters. The number of hydrogen-bond acceptors (Lipinski definition) is 4. The molecule has 1 aliphatic rings. The summed E-state index contributed by atoms with van der Waals surface area (Å²) >= 11 is 0. The van der Waals surface area contributed by atoms with Crippen LogP contribution in [-0.4, -0.2) is 22.5 Å². The third-order valence-electron chi connectivity index (χ3n) is 4.71. The van der Waals surface area contributed by atoms with Crippen molar-refractivity contribution in [2.24, 2.45) is 5.92 Å². The Kier molecular flexibility index (Phi) is 5.08. The summed E-state index contributed by atoms with van der Waals surface area (Å²) in [5, 5.41) is 9.57. The van der Waals surface area contributed by atoms with Crippen LogP contribution in [0.25, 0.3) is 0 Å². The molecule has 4 nitrogen and oxygen atoms in total. The molecule has 3 rings (SSSR count). The maximum atomic E-state index is 12.4. The van der Waals surface area contributed by atoms with Crippen molar-refractivity contribution < 1.29 is 19.5 Å². The second-order valence-corrected chi connectivity index (χ2v) is 6.52. The number of hydrogen-bond donors (Lipinski definition) is 1. The Bertz CT molecular complexity index is 777. The van der Waals surface area contributed by atoms with E-state index in [1.54, 1.807) is 24.3 Å². The molecule has 0 radical (unpaired) electrons. The molecule has 1 N–H and O–H groups in total. The Morgan fingerprint density at radius 1 is 0.960 bits per heavy atom. The van der Waals surface area contributed by atoms with Gasteiger partial charge in [-0.2, -0.15) is 0 Å². The molecule has 1 saturated carbocycles. The van der Waals surface area contributed by atoms with E-state index in [9.17, 15) is 19.5 Å². The number of phenolic OH excluding ortho intramolecular Hbond substituents is 1. The fraction of sp³-hybridized carbons (Fsp3) is 0.286. The first-order valence-corrected chi connectivity index (χ1v) is 8.45. The summed E-state index contributed by atoms with van der Waals surface area (Å²) in [6, 6.07) is 16.2. The van der Waals surface area contributed by atoms with Gasteiger partial charge in [0.15, 0.2) is 17.3 Å². The summed E-state index contributed by atoms with van der Waals surface area (Å²) in [6.45, 7) is 0. The van der Waals surface area contributed by atoms with E-state index in [0.29, 0.717) is 6.42 Å². The zero-order chi connectivity index (χ0) is 17.8. The van der Waals surface area contributed by atoms with E-state index in [4.69, 9.17) is 0 Å². The fourth-order valence-electron chi connectivity index (χ4n) is 3.40.